The molecule has 2 aromatic rings. The molecule has 2 fully saturated rings. The zero-order chi connectivity index (χ0) is 17.6. The van der Waals surface area contributed by atoms with Crippen molar-refractivity contribution in [2.24, 2.45) is 13.0 Å². The maximum atomic E-state index is 13.1. The fourth-order valence-corrected chi connectivity index (χ4v) is 4.25. The van der Waals surface area contributed by atoms with Gasteiger partial charge in [0, 0.05) is 31.9 Å². The van der Waals surface area contributed by atoms with Gasteiger partial charge in [-0.3, -0.25) is 9.78 Å². The summed E-state index contributed by atoms with van der Waals surface area (Å²) >= 11 is 0. The Morgan fingerprint density at radius 1 is 1.40 bits per heavy atom. The van der Waals surface area contributed by atoms with Gasteiger partial charge in [0.1, 0.15) is 0 Å². The Morgan fingerprint density at radius 2 is 2.24 bits per heavy atom. The Kier molecular flexibility index (Phi) is 3.98. The van der Waals surface area contributed by atoms with Gasteiger partial charge in [-0.2, -0.15) is 5.10 Å². The Bertz CT molecular complexity index is 786. The monoisotopic (exact) mass is 340 g/mol. The van der Waals surface area contributed by atoms with Crippen LogP contribution in [-0.4, -0.2) is 39.2 Å². The lowest BCUT2D eigenvalue weighted by atomic mass is 10.0. The van der Waals surface area contributed by atoms with Crippen molar-refractivity contribution < 1.29 is 9.53 Å². The number of amides is 1. The van der Waals surface area contributed by atoms with Gasteiger partial charge < -0.3 is 9.64 Å². The first-order valence-corrected chi connectivity index (χ1v) is 8.89. The largest absolute Gasteiger partial charge is 0.481 e. The van der Waals surface area contributed by atoms with Gasteiger partial charge in [-0.1, -0.05) is 6.07 Å². The zero-order valence-electron chi connectivity index (χ0n) is 15.0. The number of carbonyl (C=O) groups is 1. The average molecular weight is 340 g/mol. The van der Waals surface area contributed by atoms with E-state index in [9.17, 15) is 4.79 Å². The number of rotatable bonds is 4. The van der Waals surface area contributed by atoms with Gasteiger partial charge >= 0.3 is 0 Å². The van der Waals surface area contributed by atoms with E-state index >= 15 is 0 Å². The van der Waals surface area contributed by atoms with E-state index in [0.29, 0.717) is 5.92 Å². The van der Waals surface area contributed by atoms with Crippen molar-refractivity contribution in [3.8, 4) is 5.88 Å². The highest BCUT2D eigenvalue weighted by atomic mass is 16.5. The van der Waals surface area contributed by atoms with E-state index < -0.39 is 0 Å². The summed E-state index contributed by atoms with van der Waals surface area (Å²) in [6, 6.07) is 4.09. The third-order valence-corrected chi connectivity index (χ3v) is 5.50. The molecule has 4 rings (SSSR count). The molecule has 0 N–H and O–H groups in total. The quantitative estimate of drug-likeness (QED) is 0.858. The molecule has 3 atom stereocenters. The summed E-state index contributed by atoms with van der Waals surface area (Å²) in [5.74, 6) is 1.44. The number of pyridine rings is 1. The lowest BCUT2D eigenvalue weighted by Gasteiger charge is -2.25. The lowest BCUT2D eigenvalue weighted by Crippen LogP contribution is -2.32. The molecule has 0 spiro atoms. The van der Waals surface area contributed by atoms with Crippen LogP contribution in [-0.2, 0) is 11.8 Å². The van der Waals surface area contributed by atoms with Crippen LogP contribution in [0.2, 0.25) is 0 Å². The molecule has 0 unspecified atom stereocenters. The predicted octanol–water partition coefficient (Wildman–Crippen LogP) is 2.60. The zero-order valence-corrected chi connectivity index (χ0v) is 15.0. The first kappa shape index (κ1) is 16.1. The number of aryl methyl sites for hydroxylation is 2. The molecule has 25 heavy (non-hydrogen) atoms. The Labute approximate surface area is 147 Å². The summed E-state index contributed by atoms with van der Waals surface area (Å²) in [4.78, 5) is 19.4. The molecule has 1 aliphatic heterocycles. The molecule has 3 heterocycles. The Hall–Kier alpha value is -2.37. The number of nitrogens with zero attached hydrogens (tertiary/aromatic N) is 4. The van der Waals surface area contributed by atoms with Gasteiger partial charge in [-0.15, -0.1) is 0 Å². The van der Waals surface area contributed by atoms with E-state index in [1.54, 1.807) is 18.0 Å². The number of aromatic nitrogens is 3. The molecule has 1 saturated carbocycles. The van der Waals surface area contributed by atoms with Crippen LogP contribution in [0.4, 0.5) is 0 Å². The van der Waals surface area contributed by atoms with E-state index in [1.807, 2.05) is 31.1 Å². The van der Waals surface area contributed by atoms with E-state index in [2.05, 4.69) is 16.1 Å². The third kappa shape index (κ3) is 2.69. The van der Waals surface area contributed by atoms with Gasteiger partial charge in [-0.05, 0) is 43.7 Å². The molecule has 0 radical (unpaired) electrons. The van der Waals surface area contributed by atoms with E-state index in [1.165, 1.54) is 5.56 Å². The summed E-state index contributed by atoms with van der Waals surface area (Å²) in [6.07, 6.45) is 6.58. The van der Waals surface area contributed by atoms with E-state index in [4.69, 9.17) is 4.74 Å². The van der Waals surface area contributed by atoms with Crippen molar-refractivity contribution in [3.05, 3.63) is 41.3 Å². The van der Waals surface area contributed by atoms with Crippen molar-refractivity contribution >= 4 is 5.91 Å². The minimum absolute atomic E-state index is 0.0753. The lowest BCUT2D eigenvalue weighted by molar-refractivity contribution is -0.133. The maximum absolute atomic E-state index is 13.1. The highest BCUT2D eigenvalue weighted by molar-refractivity contribution is 5.83. The molecule has 1 amide bonds. The first-order chi connectivity index (χ1) is 12.1. The second-order valence-corrected chi connectivity index (χ2v) is 7.06. The van der Waals surface area contributed by atoms with Gasteiger partial charge in [0.2, 0.25) is 11.8 Å². The van der Waals surface area contributed by atoms with Crippen molar-refractivity contribution in [1.29, 1.82) is 0 Å². The molecule has 1 saturated heterocycles. The first-order valence-electron chi connectivity index (χ1n) is 8.89. The fourth-order valence-electron chi connectivity index (χ4n) is 4.25. The minimum atomic E-state index is 0.0753. The van der Waals surface area contributed by atoms with Gasteiger partial charge in [0.05, 0.1) is 24.4 Å². The molecule has 2 aromatic heterocycles. The average Bonchev–Trinajstić information content (AvgIpc) is 3.18. The van der Waals surface area contributed by atoms with E-state index in [-0.39, 0.29) is 17.9 Å². The van der Waals surface area contributed by atoms with Crippen LogP contribution in [0.3, 0.4) is 0 Å². The fraction of sp³-hybridized carbons (Fsp3) is 0.526. The van der Waals surface area contributed by atoms with Gasteiger partial charge in [0.25, 0.3) is 0 Å². The van der Waals surface area contributed by atoms with E-state index in [0.717, 1.165) is 42.9 Å². The number of ether oxygens (including phenoxy) is 1. The van der Waals surface area contributed by atoms with Crippen LogP contribution in [0.25, 0.3) is 0 Å². The summed E-state index contributed by atoms with van der Waals surface area (Å²) in [5.41, 5.74) is 3.19. The highest BCUT2D eigenvalue weighted by Crippen LogP contribution is 2.50. The molecule has 0 aromatic carbocycles. The van der Waals surface area contributed by atoms with Crippen molar-refractivity contribution in [1.82, 2.24) is 19.7 Å². The molecule has 1 aliphatic carbocycles. The molecule has 0 bridgehead atoms. The molecular weight excluding hydrogens is 316 g/mol. The van der Waals surface area contributed by atoms with Gasteiger partial charge in [0.15, 0.2) is 0 Å². The number of hydrogen-bond acceptors (Lipinski definition) is 4. The van der Waals surface area contributed by atoms with Gasteiger partial charge in [-0.25, -0.2) is 4.68 Å². The standard InChI is InChI=1S/C19H24N4O2/c1-12-17(19(25-3)22(2)21-12)16-7-5-9-23(16)18(24)15-10-14(15)13-6-4-8-20-11-13/h4,6,8,11,14-16H,5,7,9-10H2,1-3H3/t14-,15-,16-/m0/s1. The predicted molar refractivity (Wildman–Crippen MR) is 93.3 cm³/mol. The van der Waals surface area contributed by atoms with Crippen LogP contribution in [0.5, 0.6) is 5.88 Å². The molecule has 6 nitrogen and oxygen atoms in total. The topological polar surface area (TPSA) is 60.2 Å². The maximum Gasteiger partial charge on any atom is 0.226 e. The normalized spacial score (nSPS) is 25.2. The molecular formula is C19H24N4O2. The highest BCUT2D eigenvalue weighted by Gasteiger charge is 2.48. The SMILES string of the molecule is COc1c([C@@H]2CCCN2C(=O)[C@H]2C[C@H]2c2cccnc2)c(C)nn1C. The molecule has 6 heteroatoms. The van der Waals surface area contributed by atoms with Crippen molar-refractivity contribution in [2.75, 3.05) is 13.7 Å². The second-order valence-electron chi connectivity index (χ2n) is 7.06. The molecule has 132 valence electrons. The summed E-state index contributed by atoms with van der Waals surface area (Å²) in [6.45, 7) is 2.81. The molecule has 2 aliphatic rings. The number of likely N-dealkylation sites (tertiary alicyclic amines) is 1. The summed E-state index contributed by atoms with van der Waals surface area (Å²) in [7, 11) is 3.55. The minimum Gasteiger partial charge on any atom is -0.481 e. The second kappa shape index (κ2) is 6.17. The summed E-state index contributed by atoms with van der Waals surface area (Å²) < 4.78 is 7.32. The van der Waals surface area contributed by atoms with Crippen LogP contribution >= 0.6 is 0 Å². The van der Waals surface area contributed by atoms with Crippen LogP contribution in [0.1, 0.15) is 48.0 Å². The number of methoxy groups -OCH3 is 1. The van der Waals surface area contributed by atoms with Crippen LogP contribution in [0, 0.1) is 12.8 Å². The van der Waals surface area contributed by atoms with Crippen molar-refractivity contribution in [3.63, 3.8) is 0 Å². The smallest absolute Gasteiger partial charge is 0.226 e. The third-order valence-electron chi connectivity index (χ3n) is 5.50. The Morgan fingerprint density at radius 3 is 2.96 bits per heavy atom. The summed E-state index contributed by atoms with van der Waals surface area (Å²) in [5, 5.41) is 4.49. The van der Waals surface area contributed by atoms with Crippen LogP contribution < -0.4 is 4.74 Å². The number of carbonyl (C=O) groups excluding carboxylic acids is 1. The van der Waals surface area contributed by atoms with Crippen LogP contribution in [0.15, 0.2) is 24.5 Å². The van der Waals surface area contributed by atoms with Crippen molar-refractivity contribution in [2.45, 2.75) is 38.1 Å². The Balaban J connectivity index is 1.56. The number of hydrogen-bond donors (Lipinski definition) is 0.